The van der Waals surface area contributed by atoms with Crippen molar-refractivity contribution < 1.29 is 24.2 Å². The number of benzene rings is 4. The molecule has 10 nitrogen and oxygen atoms in total. The van der Waals surface area contributed by atoms with E-state index in [1.165, 1.54) is 18.4 Å². The molecule has 0 atom stereocenters. The summed E-state index contributed by atoms with van der Waals surface area (Å²) in [6.07, 6.45) is 2.76. The summed E-state index contributed by atoms with van der Waals surface area (Å²) >= 11 is 3.39. The quantitative estimate of drug-likeness (QED) is 0.0941. The third kappa shape index (κ3) is 7.22. The second kappa shape index (κ2) is 12.7. The molecule has 5 rings (SSSR count). The number of hydrazone groups is 1. The second-order valence-electron chi connectivity index (χ2n) is 8.61. The van der Waals surface area contributed by atoms with Gasteiger partial charge in [0.1, 0.15) is 11.4 Å². The van der Waals surface area contributed by atoms with E-state index >= 15 is 0 Å². The molecule has 0 bridgehead atoms. The van der Waals surface area contributed by atoms with Gasteiger partial charge in [0.25, 0.3) is 11.8 Å². The van der Waals surface area contributed by atoms with Gasteiger partial charge in [0.15, 0.2) is 11.5 Å². The van der Waals surface area contributed by atoms with Gasteiger partial charge in [-0.25, -0.2) is 5.43 Å². The highest BCUT2D eigenvalue weighted by Crippen LogP contribution is 2.33. The molecule has 0 spiro atoms. The van der Waals surface area contributed by atoms with Crippen LogP contribution in [0.1, 0.15) is 21.5 Å². The molecule has 1 aliphatic heterocycles. The van der Waals surface area contributed by atoms with Crippen LogP contribution < -0.4 is 20.2 Å². The average molecular weight is 612 g/mol. The van der Waals surface area contributed by atoms with Crippen LogP contribution in [0.3, 0.4) is 0 Å². The van der Waals surface area contributed by atoms with Crippen LogP contribution in [-0.4, -0.2) is 29.9 Å². The summed E-state index contributed by atoms with van der Waals surface area (Å²) in [5.74, 6) is -0.119. The van der Waals surface area contributed by atoms with E-state index in [2.05, 4.69) is 42.0 Å². The Kier molecular flexibility index (Phi) is 8.46. The number of hydrogen-bond acceptors (Lipinski definition) is 8. The van der Waals surface area contributed by atoms with Gasteiger partial charge in [0.05, 0.1) is 17.6 Å². The largest absolute Gasteiger partial charge is 0.507 e. The summed E-state index contributed by atoms with van der Waals surface area (Å²) in [7, 11) is 0. The van der Waals surface area contributed by atoms with Crippen molar-refractivity contribution in [3.63, 3.8) is 0 Å². The lowest BCUT2D eigenvalue weighted by molar-refractivity contribution is -0.117. The van der Waals surface area contributed by atoms with Gasteiger partial charge in [-0.05, 0) is 72.3 Å². The summed E-state index contributed by atoms with van der Waals surface area (Å²) < 4.78 is 11.6. The lowest BCUT2D eigenvalue weighted by atomic mass is 10.1. The first kappa shape index (κ1) is 27.3. The number of aromatic hydroxyl groups is 1. The molecule has 0 saturated carbocycles. The predicted molar refractivity (Wildman–Crippen MR) is 157 cm³/mol. The fraction of sp³-hybridized carbons (Fsp3) is 0.0333. The Labute approximate surface area is 243 Å². The maximum atomic E-state index is 13.1. The van der Waals surface area contributed by atoms with Crippen LogP contribution in [0.5, 0.6) is 17.2 Å². The van der Waals surface area contributed by atoms with E-state index in [1.54, 1.807) is 66.7 Å². The van der Waals surface area contributed by atoms with Crippen molar-refractivity contribution in [2.45, 2.75) is 0 Å². The van der Waals surface area contributed by atoms with Crippen molar-refractivity contribution in [3.8, 4) is 17.2 Å². The molecule has 0 radical (unpaired) electrons. The fourth-order valence-electron chi connectivity index (χ4n) is 3.69. The Morgan fingerprint density at radius 3 is 2.44 bits per heavy atom. The van der Waals surface area contributed by atoms with Crippen molar-refractivity contribution in [2.24, 2.45) is 15.3 Å². The number of phenolic OH excluding ortho intramolecular Hbond substituents is 1. The first-order chi connectivity index (χ1) is 19.9. The Hall–Kier alpha value is -5.29. The molecule has 2 amide bonds. The zero-order valence-corrected chi connectivity index (χ0v) is 22.9. The number of carbonyl (C=O) groups excluding carboxylic acids is 2. The molecule has 0 fully saturated rings. The highest BCUT2D eigenvalue weighted by Gasteiger charge is 2.17. The molecule has 0 aliphatic carbocycles. The molecular formula is C30H22BrN5O5. The summed E-state index contributed by atoms with van der Waals surface area (Å²) in [6, 6.07) is 25.6. The molecule has 0 saturated heterocycles. The van der Waals surface area contributed by atoms with Crippen LogP contribution in [0.4, 0.5) is 11.4 Å². The summed E-state index contributed by atoms with van der Waals surface area (Å²) in [4.78, 5) is 25.9. The second-order valence-corrected chi connectivity index (χ2v) is 9.53. The number of ether oxygens (including phenoxy) is 2. The molecule has 4 aromatic rings. The molecule has 1 aliphatic rings. The Morgan fingerprint density at radius 1 is 0.854 bits per heavy atom. The van der Waals surface area contributed by atoms with E-state index < -0.39 is 11.8 Å². The summed E-state index contributed by atoms with van der Waals surface area (Å²) in [5.41, 5.74) is 4.71. The Bertz CT molecular complexity index is 1690. The van der Waals surface area contributed by atoms with Gasteiger partial charge in [0.2, 0.25) is 6.79 Å². The number of phenols is 1. The number of amides is 2. The van der Waals surface area contributed by atoms with Gasteiger partial charge in [-0.1, -0.05) is 46.3 Å². The van der Waals surface area contributed by atoms with E-state index in [1.807, 2.05) is 18.2 Å². The lowest BCUT2D eigenvalue weighted by Crippen LogP contribution is -2.32. The number of rotatable bonds is 8. The van der Waals surface area contributed by atoms with Crippen molar-refractivity contribution >= 4 is 51.4 Å². The van der Waals surface area contributed by atoms with Gasteiger partial charge in [-0.3, -0.25) is 9.59 Å². The van der Waals surface area contributed by atoms with Gasteiger partial charge in [-0.15, -0.1) is 0 Å². The smallest absolute Gasteiger partial charge is 0.287 e. The monoisotopic (exact) mass is 611 g/mol. The highest BCUT2D eigenvalue weighted by molar-refractivity contribution is 9.10. The maximum Gasteiger partial charge on any atom is 0.287 e. The van der Waals surface area contributed by atoms with Crippen LogP contribution in [0.2, 0.25) is 0 Å². The SMILES string of the molecule is O=C(N/N=C\c1cc(N=Nc2cccc(Br)c2)ccc1O)/C(=C/c1ccc2c(c1)OCO2)NC(=O)c1ccccc1. The Balaban J connectivity index is 1.33. The topological polar surface area (TPSA) is 134 Å². The number of fused-ring (bicyclic) bond motifs is 1. The van der Waals surface area contributed by atoms with Crippen LogP contribution in [0.25, 0.3) is 6.08 Å². The predicted octanol–water partition coefficient (Wildman–Crippen LogP) is 6.22. The molecule has 0 unspecified atom stereocenters. The van der Waals surface area contributed by atoms with Crippen LogP contribution in [-0.2, 0) is 4.79 Å². The molecule has 1 heterocycles. The van der Waals surface area contributed by atoms with Crippen LogP contribution >= 0.6 is 15.9 Å². The number of hydrogen-bond donors (Lipinski definition) is 3. The highest BCUT2D eigenvalue weighted by atomic mass is 79.9. The van der Waals surface area contributed by atoms with Crippen molar-refractivity contribution in [3.05, 3.63) is 118 Å². The molecule has 0 aromatic heterocycles. The van der Waals surface area contributed by atoms with E-state index in [-0.39, 0.29) is 18.2 Å². The minimum Gasteiger partial charge on any atom is -0.507 e. The molecule has 41 heavy (non-hydrogen) atoms. The molecule has 204 valence electrons. The van der Waals surface area contributed by atoms with Crippen molar-refractivity contribution in [2.75, 3.05) is 6.79 Å². The van der Waals surface area contributed by atoms with E-state index in [4.69, 9.17) is 9.47 Å². The number of nitrogens with zero attached hydrogens (tertiary/aromatic N) is 3. The first-order valence-corrected chi connectivity index (χ1v) is 13.1. The van der Waals surface area contributed by atoms with E-state index in [0.717, 1.165) is 4.47 Å². The third-order valence-electron chi connectivity index (χ3n) is 5.71. The number of carbonyl (C=O) groups is 2. The minimum absolute atomic E-state index is 0.0596. The number of halogens is 1. The average Bonchev–Trinajstić information content (AvgIpc) is 3.45. The standard InChI is InChI=1S/C30H22BrN5O5/c31-22-7-4-8-23(16-22)34-35-24-10-11-26(37)21(15-24)17-32-36-30(39)25(33-29(38)20-5-2-1-3-6-20)13-19-9-12-27-28(14-19)41-18-40-27/h1-17,37H,18H2,(H,33,38)(H,36,39)/b25-13-,32-17-,35-34?. The van der Waals surface area contributed by atoms with Gasteiger partial charge in [-0.2, -0.15) is 15.3 Å². The van der Waals surface area contributed by atoms with Crippen LogP contribution in [0.15, 0.2) is 116 Å². The zero-order chi connectivity index (χ0) is 28.6. The maximum absolute atomic E-state index is 13.1. The van der Waals surface area contributed by atoms with E-state index in [0.29, 0.717) is 39.6 Å². The lowest BCUT2D eigenvalue weighted by Gasteiger charge is -2.09. The third-order valence-corrected chi connectivity index (χ3v) is 6.20. The first-order valence-electron chi connectivity index (χ1n) is 12.3. The normalized spacial score (nSPS) is 12.6. The summed E-state index contributed by atoms with van der Waals surface area (Å²) in [6.45, 7) is 0.106. The van der Waals surface area contributed by atoms with Gasteiger partial charge in [0, 0.05) is 15.6 Å². The number of nitrogens with one attached hydrogen (secondary N) is 2. The van der Waals surface area contributed by atoms with Gasteiger partial charge >= 0.3 is 0 Å². The van der Waals surface area contributed by atoms with Crippen molar-refractivity contribution in [1.82, 2.24) is 10.7 Å². The van der Waals surface area contributed by atoms with Gasteiger partial charge < -0.3 is 19.9 Å². The van der Waals surface area contributed by atoms with E-state index in [9.17, 15) is 14.7 Å². The van der Waals surface area contributed by atoms with Crippen molar-refractivity contribution in [1.29, 1.82) is 0 Å². The number of azo groups is 1. The van der Waals surface area contributed by atoms with Crippen LogP contribution in [0, 0.1) is 0 Å². The minimum atomic E-state index is -0.687. The fourth-order valence-corrected chi connectivity index (χ4v) is 4.08. The molecule has 11 heteroatoms. The molecule has 3 N–H and O–H groups in total. The molecular weight excluding hydrogens is 590 g/mol. The Morgan fingerprint density at radius 2 is 1.63 bits per heavy atom. The zero-order valence-electron chi connectivity index (χ0n) is 21.3. The molecule has 4 aromatic carbocycles. The summed E-state index contributed by atoms with van der Waals surface area (Å²) in [5, 5.41) is 25.3.